The Morgan fingerprint density at radius 1 is 1.11 bits per heavy atom. The Kier molecular flexibility index (Phi) is 6.03. The van der Waals surface area contributed by atoms with Gasteiger partial charge in [0.1, 0.15) is 5.82 Å². The Morgan fingerprint density at radius 2 is 1.89 bits per heavy atom. The summed E-state index contributed by atoms with van der Waals surface area (Å²) in [6.45, 7) is 4.57. The zero-order valence-electron chi connectivity index (χ0n) is 16.0. The van der Waals surface area contributed by atoms with Gasteiger partial charge in [-0.2, -0.15) is 5.26 Å². The van der Waals surface area contributed by atoms with E-state index in [-0.39, 0.29) is 11.9 Å². The lowest BCUT2D eigenvalue weighted by Gasteiger charge is -2.27. The number of rotatable bonds is 6. The number of carbonyl (C=O) groups excluding carboxylic acids is 1. The van der Waals surface area contributed by atoms with Crippen molar-refractivity contribution >= 4 is 17.4 Å². The van der Waals surface area contributed by atoms with Crippen molar-refractivity contribution in [3.05, 3.63) is 89.6 Å². The number of nitrogens with zero attached hydrogens (tertiary/aromatic N) is 3. The SMILES string of the molecule is CC(C)N(Cc1ccccc1)C(=O)c1ccc(Nc2cccc(C#N)c2)nc1. The molecule has 1 amide bonds. The van der Waals surface area contributed by atoms with Crippen LogP contribution in [0.3, 0.4) is 0 Å². The second-order valence-corrected chi connectivity index (χ2v) is 6.76. The second kappa shape index (κ2) is 8.83. The largest absolute Gasteiger partial charge is 0.340 e. The summed E-state index contributed by atoms with van der Waals surface area (Å²) in [5.74, 6) is 0.565. The molecule has 2 aromatic carbocycles. The molecule has 0 aliphatic rings. The van der Waals surface area contributed by atoms with Crippen LogP contribution in [0.4, 0.5) is 11.5 Å². The molecule has 5 nitrogen and oxygen atoms in total. The molecule has 0 bridgehead atoms. The third-order valence-corrected chi connectivity index (χ3v) is 4.35. The van der Waals surface area contributed by atoms with E-state index < -0.39 is 0 Å². The second-order valence-electron chi connectivity index (χ2n) is 6.76. The van der Waals surface area contributed by atoms with Crippen molar-refractivity contribution in [1.82, 2.24) is 9.88 Å². The van der Waals surface area contributed by atoms with Crippen LogP contribution in [-0.2, 0) is 6.54 Å². The fraction of sp³-hybridized carbons (Fsp3) is 0.174. The van der Waals surface area contributed by atoms with Crippen LogP contribution in [0.2, 0.25) is 0 Å². The lowest BCUT2D eigenvalue weighted by atomic mass is 10.1. The number of nitriles is 1. The Hall–Kier alpha value is -3.65. The molecular weight excluding hydrogens is 348 g/mol. The fourth-order valence-corrected chi connectivity index (χ4v) is 2.84. The van der Waals surface area contributed by atoms with Crippen LogP contribution in [0.1, 0.15) is 35.3 Å². The minimum atomic E-state index is -0.0515. The smallest absolute Gasteiger partial charge is 0.255 e. The number of amides is 1. The number of hydrogen-bond donors (Lipinski definition) is 1. The molecule has 1 heterocycles. The lowest BCUT2D eigenvalue weighted by molar-refractivity contribution is 0.0690. The van der Waals surface area contributed by atoms with Gasteiger partial charge in [0.2, 0.25) is 0 Å². The molecule has 3 rings (SSSR count). The minimum Gasteiger partial charge on any atom is -0.340 e. The molecule has 0 aliphatic heterocycles. The number of pyridine rings is 1. The molecule has 1 N–H and O–H groups in total. The molecule has 3 aromatic rings. The standard InChI is InChI=1S/C23H22N4O/c1-17(2)27(16-18-7-4-3-5-8-18)23(28)20-11-12-22(25-15-20)26-21-10-6-9-19(13-21)14-24/h3-13,15,17H,16H2,1-2H3,(H,25,26). The summed E-state index contributed by atoms with van der Waals surface area (Å²) in [7, 11) is 0. The quantitative estimate of drug-likeness (QED) is 0.680. The van der Waals surface area contributed by atoms with Crippen molar-refractivity contribution in [3.63, 3.8) is 0 Å². The molecule has 0 saturated heterocycles. The zero-order valence-corrected chi connectivity index (χ0v) is 16.0. The molecule has 0 atom stereocenters. The average molecular weight is 370 g/mol. The first-order chi connectivity index (χ1) is 13.6. The van der Waals surface area contributed by atoms with Crippen LogP contribution in [0.25, 0.3) is 0 Å². The van der Waals surface area contributed by atoms with Gasteiger partial charge in [-0.05, 0) is 49.7 Å². The van der Waals surface area contributed by atoms with Gasteiger partial charge in [0.25, 0.3) is 5.91 Å². The number of anilines is 2. The minimum absolute atomic E-state index is 0.0515. The molecule has 5 heteroatoms. The fourth-order valence-electron chi connectivity index (χ4n) is 2.84. The highest BCUT2D eigenvalue weighted by atomic mass is 16.2. The van der Waals surface area contributed by atoms with E-state index in [0.29, 0.717) is 23.5 Å². The zero-order chi connectivity index (χ0) is 19.9. The highest BCUT2D eigenvalue weighted by molar-refractivity contribution is 5.94. The van der Waals surface area contributed by atoms with Crippen LogP contribution in [-0.4, -0.2) is 21.8 Å². The maximum atomic E-state index is 13.0. The number of hydrogen-bond acceptors (Lipinski definition) is 4. The third-order valence-electron chi connectivity index (χ3n) is 4.35. The highest BCUT2D eigenvalue weighted by Gasteiger charge is 2.19. The first-order valence-electron chi connectivity index (χ1n) is 9.15. The van der Waals surface area contributed by atoms with Crippen molar-refractivity contribution in [1.29, 1.82) is 5.26 Å². The van der Waals surface area contributed by atoms with Gasteiger partial charge in [0.15, 0.2) is 0 Å². The van der Waals surface area contributed by atoms with E-state index >= 15 is 0 Å². The normalized spacial score (nSPS) is 10.4. The average Bonchev–Trinajstić information content (AvgIpc) is 2.73. The maximum absolute atomic E-state index is 13.0. The predicted octanol–water partition coefficient (Wildman–Crippen LogP) is 4.75. The number of benzene rings is 2. The Balaban J connectivity index is 1.73. The summed E-state index contributed by atoms with van der Waals surface area (Å²) in [4.78, 5) is 19.2. The van der Waals surface area contributed by atoms with Crippen molar-refractivity contribution in [3.8, 4) is 6.07 Å². The van der Waals surface area contributed by atoms with Crippen LogP contribution in [0.15, 0.2) is 72.9 Å². The van der Waals surface area contributed by atoms with E-state index in [1.807, 2.05) is 61.2 Å². The third kappa shape index (κ3) is 4.74. The highest BCUT2D eigenvalue weighted by Crippen LogP contribution is 2.18. The van der Waals surface area contributed by atoms with E-state index in [9.17, 15) is 4.79 Å². The first kappa shape index (κ1) is 19.1. The van der Waals surface area contributed by atoms with Gasteiger partial charge < -0.3 is 10.2 Å². The summed E-state index contributed by atoms with van der Waals surface area (Å²) < 4.78 is 0. The number of aromatic nitrogens is 1. The molecule has 0 radical (unpaired) electrons. The summed E-state index contributed by atoms with van der Waals surface area (Å²) in [6, 6.07) is 22.8. The molecule has 0 saturated carbocycles. The molecule has 140 valence electrons. The molecule has 1 aromatic heterocycles. The van der Waals surface area contributed by atoms with E-state index in [4.69, 9.17) is 5.26 Å². The lowest BCUT2D eigenvalue weighted by Crippen LogP contribution is -2.36. The van der Waals surface area contributed by atoms with Gasteiger partial charge in [0.05, 0.1) is 17.2 Å². The Bertz CT molecular complexity index is 975. The number of nitrogens with one attached hydrogen (secondary N) is 1. The molecule has 0 fully saturated rings. The van der Waals surface area contributed by atoms with Gasteiger partial charge in [-0.3, -0.25) is 4.79 Å². The van der Waals surface area contributed by atoms with Crippen LogP contribution >= 0.6 is 0 Å². The van der Waals surface area contributed by atoms with Crippen molar-refractivity contribution in [2.24, 2.45) is 0 Å². The van der Waals surface area contributed by atoms with E-state index in [2.05, 4.69) is 16.4 Å². The van der Waals surface area contributed by atoms with E-state index in [1.54, 1.807) is 30.5 Å². The molecule has 0 aliphatic carbocycles. The Labute approximate surface area is 165 Å². The van der Waals surface area contributed by atoms with Gasteiger partial charge >= 0.3 is 0 Å². The summed E-state index contributed by atoms with van der Waals surface area (Å²) in [5, 5.41) is 12.1. The Morgan fingerprint density at radius 3 is 2.54 bits per heavy atom. The molecule has 28 heavy (non-hydrogen) atoms. The van der Waals surface area contributed by atoms with Crippen molar-refractivity contribution in [2.75, 3.05) is 5.32 Å². The van der Waals surface area contributed by atoms with Crippen LogP contribution in [0, 0.1) is 11.3 Å². The predicted molar refractivity (Wildman–Crippen MR) is 110 cm³/mol. The van der Waals surface area contributed by atoms with Crippen LogP contribution in [0.5, 0.6) is 0 Å². The van der Waals surface area contributed by atoms with Crippen molar-refractivity contribution in [2.45, 2.75) is 26.4 Å². The van der Waals surface area contributed by atoms with Gasteiger partial charge in [0, 0.05) is 24.5 Å². The van der Waals surface area contributed by atoms with Crippen molar-refractivity contribution < 1.29 is 4.79 Å². The summed E-state index contributed by atoms with van der Waals surface area (Å²) >= 11 is 0. The van der Waals surface area contributed by atoms with E-state index in [0.717, 1.165) is 11.3 Å². The molecule has 0 spiro atoms. The molecular formula is C23H22N4O. The van der Waals surface area contributed by atoms with Gasteiger partial charge in [-0.15, -0.1) is 0 Å². The monoisotopic (exact) mass is 370 g/mol. The first-order valence-corrected chi connectivity index (χ1v) is 9.15. The summed E-state index contributed by atoms with van der Waals surface area (Å²) in [5.41, 5.74) is 2.98. The van der Waals surface area contributed by atoms with Gasteiger partial charge in [-0.1, -0.05) is 36.4 Å². The maximum Gasteiger partial charge on any atom is 0.255 e. The number of carbonyl (C=O) groups is 1. The van der Waals surface area contributed by atoms with Gasteiger partial charge in [-0.25, -0.2) is 4.98 Å². The molecule has 0 unspecified atom stereocenters. The summed E-state index contributed by atoms with van der Waals surface area (Å²) in [6.07, 6.45) is 1.58. The van der Waals surface area contributed by atoms with E-state index in [1.165, 1.54) is 0 Å². The van der Waals surface area contributed by atoms with Crippen LogP contribution < -0.4 is 5.32 Å². The topological polar surface area (TPSA) is 69.0 Å².